The van der Waals surface area contributed by atoms with Crippen molar-refractivity contribution in [3.63, 3.8) is 0 Å². The lowest BCUT2D eigenvalue weighted by Crippen LogP contribution is -2.45. The number of rotatable bonds is 4. The Morgan fingerprint density at radius 1 is 1.14 bits per heavy atom. The second kappa shape index (κ2) is 7.23. The number of H-pyrrole nitrogens is 1. The van der Waals surface area contributed by atoms with Gasteiger partial charge in [0, 0.05) is 42.6 Å². The summed E-state index contributed by atoms with van der Waals surface area (Å²) >= 11 is 0. The molecule has 9 heteroatoms. The molecule has 1 aliphatic heterocycles. The number of aromatic nitrogens is 6. The molecule has 1 aliphatic rings. The van der Waals surface area contributed by atoms with E-state index in [1.54, 1.807) is 24.5 Å². The lowest BCUT2D eigenvalue weighted by atomic mass is 10.1. The van der Waals surface area contributed by atoms with Crippen LogP contribution in [0.3, 0.4) is 0 Å². The van der Waals surface area contributed by atoms with Crippen molar-refractivity contribution in [2.24, 2.45) is 0 Å². The Morgan fingerprint density at radius 3 is 2.61 bits per heavy atom. The summed E-state index contributed by atoms with van der Waals surface area (Å²) in [6, 6.07) is 3.96. The van der Waals surface area contributed by atoms with Crippen LogP contribution >= 0.6 is 0 Å². The summed E-state index contributed by atoms with van der Waals surface area (Å²) in [5.41, 5.74) is 2.31. The number of pyridine rings is 1. The summed E-state index contributed by atoms with van der Waals surface area (Å²) in [5.74, 6) is 0.0734. The van der Waals surface area contributed by atoms with Crippen LogP contribution in [0, 0.1) is 5.95 Å². The molecule has 4 heterocycles. The van der Waals surface area contributed by atoms with Crippen molar-refractivity contribution in [1.82, 2.24) is 35.7 Å². The molecule has 3 aromatic rings. The van der Waals surface area contributed by atoms with Gasteiger partial charge in [0.25, 0.3) is 0 Å². The van der Waals surface area contributed by atoms with E-state index in [1.165, 1.54) is 6.20 Å². The van der Waals surface area contributed by atoms with Crippen LogP contribution in [0.15, 0.2) is 30.7 Å². The third kappa shape index (κ3) is 3.99. The van der Waals surface area contributed by atoms with Crippen molar-refractivity contribution in [1.29, 1.82) is 0 Å². The van der Waals surface area contributed by atoms with Gasteiger partial charge < -0.3 is 10.2 Å². The fourth-order valence-electron chi connectivity index (χ4n) is 3.38. The molecule has 2 N–H and O–H groups in total. The quantitative estimate of drug-likeness (QED) is 0.715. The van der Waals surface area contributed by atoms with Gasteiger partial charge in [0.15, 0.2) is 0 Å². The second-order valence-electron chi connectivity index (χ2n) is 7.99. The van der Waals surface area contributed by atoms with Crippen molar-refractivity contribution in [3.8, 4) is 22.5 Å². The maximum atomic E-state index is 13.6. The van der Waals surface area contributed by atoms with Crippen LogP contribution in [0.4, 0.5) is 10.3 Å². The lowest BCUT2D eigenvalue weighted by Gasteiger charge is -2.25. The Morgan fingerprint density at radius 2 is 2.00 bits per heavy atom. The zero-order valence-electron chi connectivity index (χ0n) is 16.1. The average molecular weight is 382 g/mol. The standard InChI is InChI=1S/C19H23FN8/c1-19(2,3)24-13-6-7-28(11-13)18-22-10-16(25-27-18)15-5-4-12(8-21-15)14-9-23-26-17(14)20/h4-5,8-10,13,24H,6-7,11H2,1-3H3,(H,23,26)/t13-/m0/s1. The van der Waals surface area contributed by atoms with Gasteiger partial charge in [0.1, 0.15) is 5.69 Å². The molecule has 1 fully saturated rings. The number of aromatic amines is 1. The highest BCUT2D eigenvalue weighted by Crippen LogP contribution is 2.23. The monoisotopic (exact) mass is 382 g/mol. The summed E-state index contributed by atoms with van der Waals surface area (Å²) in [7, 11) is 0. The van der Waals surface area contributed by atoms with Crippen LogP contribution in [0.5, 0.6) is 0 Å². The minimum absolute atomic E-state index is 0.0842. The summed E-state index contributed by atoms with van der Waals surface area (Å²) in [5, 5.41) is 18.1. The third-order valence-electron chi connectivity index (χ3n) is 4.59. The lowest BCUT2D eigenvalue weighted by molar-refractivity contribution is 0.373. The SMILES string of the molecule is CC(C)(C)N[C@H]1CCN(c2ncc(-c3ccc(-c4c[nH]nc4F)cn3)nn2)C1. The van der Waals surface area contributed by atoms with Gasteiger partial charge in [0.2, 0.25) is 11.9 Å². The Balaban J connectivity index is 1.44. The normalized spacial score (nSPS) is 17.3. The van der Waals surface area contributed by atoms with Crippen LogP contribution in [-0.2, 0) is 0 Å². The molecule has 0 amide bonds. The minimum Gasteiger partial charge on any atom is -0.338 e. The molecule has 0 unspecified atom stereocenters. The minimum atomic E-state index is -0.551. The largest absolute Gasteiger partial charge is 0.338 e. The van der Waals surface area contributed by atoms with E-state index < -0.39 is 5.95 Å². The molecule has 1 atom stereocenters. The van der Waals surface area contributed by atoms with Gasteiger partial charge in [-0.1, -0.05) is 6.07 Å². The summed E-state index contributed by atoms with van der Waals surface area (Å²) in [4.78, 5) is 11.0. The first-order valence-corrected chi connectivity index (χ1v) is 9.27. The van der Waals surface area contributed by atoms with Crippen LogP contribution in [0.25, 0.3) is 22.5 Å². The topological polar surface area (TPSA) is 95.5 Å². The van der Waals surface area contributed by atoms with Crippen molar-refractivity contribution >= 4 is 5.95 Å². The maximum Gasteiger partial charge on any atom is 0.245 e. The molecule has 0 radical (unpaired) electrons. The van der Waals surface area contributed by atoms with Crippen LogP contribution in [-0.4, -0.2) is 55.0 Å². The number of hydrogen-bond donors (Lipinski definition) is 2. The van der Waals surface area contributed by atoms with Gasteiger partial charge >= 0.3 is 0 Å². The number of anilines is 1. The predicted octanol–water partition coefficient (Wildman–Crippen LogP) is 2.43. The molecule has 8 nitrogen and oxygen atoms in total. The molecule has 0 bridgehead atoms. The van der Waals surface area contributed by atoms with Crippen molar-refractivity contribution in [2.45, 2.75) is 38.8 Å². The number of nitrogens with zero attached hydrogens (tertiary/aromatic N) is 6. The Labute approximate surface area is 162 Å². The Kier molecular flexibility index (Phi) is 4.76. The van der Waals surface area contributed by atoms with E-state index in [2.05, 4.69) is 61.4 Å². The highest BCUT2D eigenvalue weighted by Gasteiger charge is 2.27. The molecule has 28 heavy (non-hydrogen) atoms. The zero-order valence-corrected chi connectivity index (χ0v) is 16.1. The molecule has 0 saturated carbocycles. The molecule has 0 spiro atoms. The van der Waals surface area contributed by atoms with E-state index in [-0.39, 0.29) is 5.54 Å². The van der Waals surface area contributed by atoms with Crippen LogP contribution in [0.1, 0.15) is 27.2 Å². The number of nitrogens with one attached hydrogen (secondary N) is 2. The van der Waals surface area contributed by atoms with E-state index in [4.69, 9.17) is 0 Å². The molecule has 146 valence electrons. The van der Waals surface area contributed by atoms with Gasteiger partial charge in [-0.2, -0.15) is 4.39 Å². The fourth-order valence-corrected chi connectivity index (χ4v) is 3.38. The molecule has 0 aromatic carbocycles. The first-order valence-electron chi connectivity index (χ1n) is 9.27. The van der Waals surface area contributed by atoms with Crippen molar-refractivity contribution in [2.75, 3.05) is 18.0 Å². The van der Waals surface area contributed by atoms with Gasteiger partial charge in [0.05, 0.1) is 17.5 Å². The van der Waals surface area contributed by atoms with Crippen LogP contribution < -0.4 is 10.2 Å². The van der Waals surface area contributed by atoms with Gasteiger partial charge in [-0.3, -0.25) is 10.1 Å². The third-order valence-corrected chi connectivity index (χ3v) is 4.59. The van der Waals surface area contributed by atoms with Gasteiger partial charge in [-0.05, 0) is 33.3 Å². The number of halogens is 1. The average Bonchev–Trinajstić information content (AvgIpc) is 3.30. The summed E-state index contributed by atoms with van der Waals surface area (Å²) < 4.78 is 13.6. The second-order valence-corrected chi connectivity index (χ2v) is 7.99. The van der Waals surface area contributed by atoms with E-state index in [1.807, 2.05) is 0 Å². The molecule has 0 aliphatic carbocycles. The van der Waals surface area contributed by atoms with E-state index in [0.717, 1.165) is 19.5 Å². The smallest absolute Gasteiger partial charge is 0.245 e. The zero-order chi connectivity index (χ0) is 19.7. The van der Waals surface area contributed by atoms with Crippen LogP contribution in [0.2, 0.25) is 0 Å². The van der Waals surface area contributed by atoms with Crippen molar-refractivity contribution in [3.05, 3.63) is 36.7 Å². The first-order chi connectivity index (χ1) is 13.4. The van der Waals surface area contributed by atoms with E-state index in [0.29, 0.717) is 34.5 Å². The van der Waals surface area contributed by atoms with Gasteiger partial charge in [-0.25, -0.2) is 4.98 Å². The molecular formula is C19H23FN8. The number of hydrogen-bond acceptors (Lipinski definition) is 7. The fraction of sp³-hybridized carbons (Fsp3) is 0.421. The molecule has 1 saturated heterocycles. The molecule has 3 aromatic heterocycles. The highest BCUT2D eigenvalue weighted by molar-refractivity contribution is 5.64. The van der Waals surface area contributed by atoms with Crippen molar-refractivity contribution < 1.29 is 4.39 Å². The highest BCUT2D eigenvalue weighted by atomic mass is 19.1. The Hall–Kier alpha value is -2.94. The summed E-state index contributed by atoms with van der Waals surface area (Å²) in [6.45, 7) is 8.27. The molecular weight excluding hydrogens is 359 g/mol. The maximum absolute atomic E-state index is 13.6. The van der Waals surface area contributed by atoms with E-state index >= 15 is 0 Å². The summed E-state index contributed by atoms with van der Waals surface area (Å²) in [6.07, 6.45) is 5.81. The molecule has 4 rings (SSSR count). The van der Waals surface area contributed by atoms with E-state index in [9.17, 15) is 4.39 Å². The Bertz CT molecular complexity index is 930. The predicted molar refractivity (Wildman–Crippen MR) is 104 cm³/mol. The van der Waals surface area contributed by atoms with Gasteiger partial charge in [-0.15, -0.1) is 15.3 Å². The first kappa shape index (κ1) is 18.4.